The number of amides is 1. The maximum absolute atomic E-state index is 12.9. The third-order valence-electron chi connectivity index (χ3n) is 4.76. The first-order valence-electron chi connectivity index (χ1n) is 9.52. The summed E-state index contributed by atoms with van der Waals surface area (Å²) in [4.78, 5) is 17.5. The van der Waals surface area contributed by atoms with Crippen LogP contribution in [0.3, 0.4) is 0 Å². The molecular weight excluding hydrogens is 388 g/mol. The number of hydrogen-bond donors (Lipinski definition) is 3. The van der Waals surface area contributed by atoms with Crippen LogP contribution >= 0.6 is 12.2 Å². The lowest BCUT2D eigenvalue weighted by molar-refractivity contribution is 0.0944. The van der Waals surface area contributed by atoms with Crippen molar-refractivity contribution < 1.29 is 13.9 Å². The Kier molecular flexibility index (Phi) is 5.73. The van der Waals surface area contributed by atoms with E-state index in [1.807, 2.05) is 43.3 Å². The van der Waals surface area contributed by atoms with Crippen molar-refractivity contribution in [2.24, 2.45) is 0 Å². The summed E-state index contributed by atoms with van der Waals surface area (Å²) in [6.45, 7) is 3.27. The number of thiocarbonyl (C=S) groups is 1. The monoisotopic (exact) mass is 410 g/mol. The maximum atomic E-state index is 12.9. The van der Waals surface area contributed by atoms with Gasteiger partial charge in [-0.3, -0.25) is 15.6 Å². The van der Waals surface area contributed by atoms with Crippen molar-refractivity contribution in [3.8, 4) is 11.5 Å². The van der Waals surface area contributed by atoms with E-state index in [0.29, 0.717) is 34.2 Å². The molecule has 1 aromatic carbocycles. The number of carbonyl (C=O) groups excluding carboxylic acids is 1. The van der Waals surface area contributed by atoms with Gasteiger partial charge >= 0.3 is 0 Å². The topological polar surface area (TPSA) is 88.4 Å². The van der Waals surface area contributed by atoms with Gasteiger partial charge in [0.2, 0.25) is 0 Å². The van der Waals surface area contributed by atoms with Crippen molar-refractivity contribution in [3.63, 3.8) is 0 Å². The molecule has 3 aromatic rings. The zero-order valence-electron chi connectivity index (χ0n) is 16.0. The molecule has 1 amide bonds. The molecule has 3 heterocycles. The minimum atomic E-state index is -0.311. The van der Waals surface area contributed by atoms with Gasteiger partial charge in [0.05, 0.1) is 17.2 Å². The van der Waals surface area contributed by atoms with Crippen molar-refractivity contribution in [3.05, 3.63) is 53.8 Å². The summed E-state index contributed by atoms with van der Waals surface area (Å²) >= 11 is 5.24. The number of fused-ring (bicyclic) bond motifs is 1. The minimum absolute atomic E-state index is 0.161. The van der Waals surface area contributed by atoms with Gasteiger partial charge in [0.1, 0.15) is 11.5 Å². The summed E-state index contributed by atoms with van der Waals surface area (Å²) in [5, 5.41) is 4.15. The molecule has 0 saturated carbocycles. The maximum Gasteiger partial charge on any atom is 0.270 e. The first-order valence-corrected chi connectivity index (χ1v) is 9.93. The number of carbonyl (C=O) groups is 1. The van der Waals surface area contributed by atoms with Crippen LogP contribution in [0, 0.1) is 6.92 Å². The largest absolute Gasteiger partial charge is 0.460 e. The van der Waals surface area contributed by atoms with Crippen molar-refractivity contribution in [2.75, 3.05) is 13.2 Å². The molecule has 1 fully saturated rings. The first kappa shape index (κ1) is 19.4. The Morgan fingerprint density at radius 3 is 2.86 bits per heavy atom. The van der Waals surface area contributed by atoms with Gasteiger partial charge in [-0.25, -0.2) is 4.98 Å². The number of ether oxygens (including phenoxy) is 1. The van der Waals surface area contributed by atoms with Crippen molar-refractivity contribution >= 4 is 34.1 Å². The van der Waals surface area contributed by atoms with Crippen LogP contribution in [-0.4, -0.2) is 35.3 Å². The van der Waals surface area contributed by atoms with Gasteiger partial charge in [-0.15, -0.1) is 0 Å². The van der Waals surface area contributed by atoms with Crippen LogP contribution in [0.25, 0.3) is 22.4 Å². The summed E-state index contributed by atoms with van der Waals surface area (Å²) in [6, 6.07) is 12.9. The van der Waals surface area contributed by atoms with E-state index in [2.05, 4.69) is 21.2 Å². The molecule has 3 N–H and O–H groups in total. The van der Waals surface area contributed by atoms with E-state index in [-0.39, 0.29) is 12.0 Å². The highest BCUT2D eigenvalue weighted by Gasteiger charge is 2.17. The lowest BCUT2D eigenvalue weighted by Crippen LogP contribution is -2.48. The highest BCUT2D eigenvalue weighted by Crippen LogP contribution is 2.26. The van der Waals surface area contributed by atoms with E-state index in [1.165, 1.54) is 0 Å². The highest BCUT2D eigenvalue weighted by molar-refractivity contribution is 7.80. The number of nitrogens with zero attached hydrogens (tertiary/aromatic N) is 1. The smallest absolute Gasteiger partial charge is 0.270 e. The second kappa shape index (κ2) is 8.59. The number of pyridine rings is 1. The number of hydrogen-bond acceptors (Lipinski definition) is 5. The van der Waals surface area contributed by atoms with Crippen LogP contribution in [0.1, 0.15) is 29.0 Å². The molecule has 4 rings (SSSR count). The molecule has 29 heavy (non-hydrogen) atoms. The summed E-state index contributed by atoms with van der Waals surface area (Å²) in [5.74, 6) is 1.09. The Balaban J connectivity index is 1.49. The summed E-state index contributed by atoms with van der Waals surface area (Å²) in [5.41, 5.74) is 7.20. The number of hydrazine groups is 1. The molecule has 150 valence electrons. The first-order chi connectivity index (χ1) is 14.1. The summed E-state index contributed by atoms with van der Waals surface area (Å²) in [7, 11) is 0. The number of benzene rings is 1. The number of para-hydroxylation sites is 1. The number of nitrogens with one attached hydrogen (secondary N) is 3. The van der Waals surface area contributed by atoms with Gasteiger partial charge < -0.3 is 14.5 Å². The number of rotatable bonds is 4. The molecule has 1 aliphatic heterocycles. The van der Waals surface area contributed by atoms with Crippen LogP contribution in [0.15, 0.2) is 46.9 Å². The number of furan rings is 1. The lowest BCUT2D eigenvalue weighted by Gasteiger charge is -2.15. The molecule has 0 aliphatic carbocycles. The standard InChI is InChI=1S/C21H22N4O3S/c1-13-8-9-19(28-13)18-11-16(15-6-2-3-7-17(15)23-18)20(26)24-25-21(29)22-12-14-5-4-10-27-14/h2-3,6-9,11,14H,4-5,10,12H2,1H3,(H,24,26)(H2,22,25,29). The number of aryl methyl sites for hydroxylation is 1. The Hall–Kier alpha value is -2.97. The van der Waals surface area contributed by atoms with Crippen LogP contribution < -0.4 is 16.2 Å². The minimum Gasteiger partial charge on any atom is -0.460 e. The molecular formula is C21H22N4O3S. The van der Waals surface area contributed by atoms with Gasteiger partial charge in [-0.05, 0) is 56.2 Å². The van der Waals surface area contributed by atoms with Crippen LogP contribution in [-0.2, 0) is 4.74 Å². The Labute approximate surface area is 173 Å². The summed E-state index contributed by atoms with van der Waals surface area (Å²) in [6.07, 6.45) is 2.24. The molecule has 7 nitrogen and oxygen atoms in total. The van der Waals surface area contributed by atoms with Gasteiger partial charge in [0.25, 0.3) is 5.91 Å². The zero-order valence-corrected chi connectivity index (χ0v) is 16.8. The lowest BCUT2D eigenvalue weighted by atomic mass is 10.1. The van der Waals surface area contributed by atoms with Gasteiger partial charge in [0.15, 0.2) is 10.9 Å². The predicted octanol–water partition coefficient (Wildman–Crippen LogP) is 3.09. The van der Waals surface area contributed by atoms with E-state index in [0.717, 1.165) is 30.6 Å². The molecule has 1 unspecified atom stereocenters. The van der Waals surface area contributed by atoms with Crippen LogP contribution in [0.2, 0.25) is 0 Å². The predicted molar refractivity (Wildman–Crippen MR) is 114 cm³/mol. The fraction of sp³-hybridized carbons (Fsp3) is 0.286. The average molecular weight is 410 g/mol. The van der Waals surface area contributed by atoms with E-state index < -0.39 is 0 Å². The van der Waals surface area contributed by atoms with Gasteiger partial charge in [0, 0.05) is 18.5 Å². The van der Waals surface area contributed by atoms with Crippen molar-refractivity contribution in [1.29, 1.82) is 0 Å². The Bertz CT molecular complexity index is 1040. The SMILES string of the molecule is Cc1ccc(-c2cc(C(=O)NNC(=S)NCC3CCCO3)c3ccccc3n2)o1. The van der Waals surface area contributed by atoms with E-state index in [9.17, 15) is 4.79 Å². The molecule has 2 aromatic heterocycles. The fourth-order valence-electron chi connectivity index (χ4n) is 3.30. The molecule has 0 radical (unpaired) electrons. The van der Waals surface area contributed by atoms with Crippen LogP contribution in [0.5, 0.6) is 0 Å². The third kappa shape index (κ3) is 4.55. The molecule has 1 atom stereocenters. The van der Waals surface area contributed by atoms with E-state index in [1.54, 1.807) is 6.07 Å². The molecule has 0 spiro atoms. The Morgan fingerprint density at radius 1 is 1.24 bits per heavy atom. The van der Waals surface area contributed by atoms with E-state index in [4.69, 9.17) is 21.4 Å². The second-order valence-corrected chi connectivity index (χ2v) is 7.31. The average Bonchev–Trinajstić information content (AvgIpc) is 3.41. The van der Waals surface area contributed by atoms with Gasteiger partial charge in [-0.2, -0.15) is 0 Å². The van der Waals surface area contributed by atoms with Gasteiger partial charge in [-0.1, -0.05) is 18.2 Å². The zero-order chi connectivity index (χ0) is 20.2. The summed E-state index contributed by atoms with van der Waals surface area (Å²) < 4.78 is 11.2. The molecule has 1 saturated heterocycles. The molecule has 8 heteroatoms. The third-order valence-corrected chi connectivity index (χ3v) is 5.00. The number of aromatic nitrogens is 1. The van der Waals surface area contributed by atoms with Crippen LogP contribution in [0.4, 0.5) is 0 Å². The van der Waals surface area contributed by atoms with Crippen molar-refractivity contribution in [1.82, 2.24) is 21.2 Å². The van der Waals surface area contributed by atoms with E-state index >= 15 is 0 Å². The molecule has 0 bridgehead atoms. The quantitative estimate of drug-likeness (QED) is 0.450. The second-order valence-electron chi connectivity index (χ2n) is 6.91. The normalized spacial score (nSPS) is 16.0. The highest BCUT2D eigenvalue weighted by atomic mass is 32.1. The molecule has 1 aliphatic rings. The van der Waals surface area contributed by atoms with Crippen molar-refractivity contribution in [2.45, 2.75) is 25.9 Å². The fourth-order valence-corrected chi connectivity index (χ4v) is 3.43. The Morgan fingerprint density at radius 2 is 2.10 bits per heavy atom.